The van der Waals surface area contributed by atoms with Crippen LogP contribution in [-0.4, -0.2) is 18.4 Å². The number of nitrogens with one attached hydrogen (secondary N) is 1. The quantitative estimate of drug-likeness (QED) is 0.902. The van der Waals surface area contributed by atoms with Crippen molar-refractivity contribution in [2.45, 2.75) is 32.1 Å². The molecule has 4 nitrogen and oxygen atoms in total. The molecule has 1 heterocycles. The molecule has 1 fully saturated rings. The molecule has 134 valence electrons. The number of amides is 2. The summed E-state index contributed by atoms with van der Waals surface area (Å²) < 4.78 is 13.7. The van der Waals surface area contributed by atoms with Gasteiger partial charge >= 0.3 is 0 Å². The van der Waals surface area contributed by atoms with Gasteiger partial charge in [-0.25, -0.2) is 4.39 Å². The smallest absolute Gasteiger partial charge is 0.258 e. The van der Waals surface area contributed by atoms with Crippen molar-refractivity contribution in [2.24, 2.45) is 5.92 Å². The minimum absolute atomic E-state index is 0.0195. The summed E-state index contributed by atoms with van der Waals surface area (Å²) in [6.07, 6.45) is 5.02. The molecule has 4 rings (SSSR count). The Balaban J connectivity index is 1.50. The minimum atomic E-state index is -0.542. The molecule has 2 aromatic carbocycles. The van der Waals surface area contributed by atoms with Crippen LogP contribution >= 0.6 is 0 Å². The number of carbonyl (C=O) groups excluding carboxylic acids is 2. The Labute approximate surface area is 152 Å². The van der Waals surface area contributed by atoms with Crippen molar-refractivity contribution in [1.29, 1.82) is 0 Å². The fourth-order valence-electron chi connectivity index (χ4n) is 3.95. The number of benzene rings is 2. The van der Waals surface area contributed by atoms with Crippen LogP contribution in [0.25, 0.3) is 0 Å². The molecule has 2 aromatic rings. The molecule has 0 radical (unpaired) electrons. The van der Waals surface area contributed by atoms with Crippen LogP contribution in [0.5, 0.6) is 0 Å². The Morgan fingerprint density at radius 1 is 1.08 bits per heavy atom. The summed E-state index contributed by atoms with van der Waals surface area (Å²) in [6.45, 7) is 0.690. The number of hydrogen-bond acceptors (Lipinski definition) is 2. The number of anilines is 2. The molecule has 0 saturated heterocycles. The van der Waals surface area contributed by atoms with Gasteiger partial charge in [0.05, 0.1) is 5.56 Å². The standard InChI is InChI=1S/C21H21FN2O2/c22-18-8-4-3-7-17(18)20(25)23-16-9-10-19-15(13-16)11-12-24(19)21(26)14-5-1-2-6-14/h3-4,7-10,13-14H,1-2,5-6,11-12H2,(H,23,25). The number of fused-ring (bicyclic) bond motifs is 1. The lowest BCUT2D eigenvalue weighted by Crippen LogP contribution is -2.33. The van der Waals surface area contributed by atoms with E-state index in [1.807, 2.05) is 17.0 Å². The van der Waals surface area contributed by atoms with Gasteiger partial charge in [-0.15, -0.1) is 0 Å². The van der Waals surface area contributed by atoms with E-state index < -0.39 is 11.7 Å². The van der Waals surface area contributed by atoms with Crippen molar-refractivity contribution in [2.75, 3.05) is 16.8 Å². The number of hydrogen-bond donors (Lipinski definition) is 1. The zero-order valence-corrected chi connectivity index (χ0v) is 14.5. The summed E-state index contributed by atoms with van der Waals surface area (Å²) >= 11 is 0. The van der Waals surface area contributed by atoms with Gasteiger partial charge in [0.15, 0.2) is 0 Å². The first-order valence-electron chi connectivity index (χ1n) is 9.13. The molecule has 1 aliphatic heterocycles. The van der Waals surface area contributed by atoms with Gasteiger partial charge in [0.1, 0.15) is 5.82 Å². The summed E-state index contributed by atoms with van der Waals surface area (Å²) in [6, 6.07) is 11.5. The molecule has 0 aromatic heterocycles. The van der Waals surface area contributed by atoms with Crippen LogP contribution in [0, 0.1) is 11.7 Å². The van der Waals surface area contributed by atoms with Crippen LogP contribution in [-0.2, 0) is 11.2 Å². The maximum atomic E-state index is 13.7. The fourth-order valence-corrected chi connectivity index (χ4v) is 3.95. The van der Waals surface area contributed by atoms with Gasteiger partial charge in [-0.1, -0.05) is 25.0 Å². The first-order valence-corrected chi connectivity index (χ1v) is 9.13. The fraction of sp³-hybridized carbons (Fsp3) is 0.333. The molecule has 1 saturated carbocycles. The first-order chi connectivity index (χ1) is 12.6. The lowest BCUT2D eigenvalue weighted by Gasteiger charge is -2.21. The SMILES string of the molecule is O=C(Nc1ccc2c(c1)CCN2C(=O)C1CCCC1)c1ccccc1F. The Morgan fingerprint density at radius 3 is 2.62 bits per heavy atom. The Morgan fingerprint density at radius 2 is 1.85 bits per heavy atom. The Bertz CT molecular complexity index is 859. The molecule has 0 unspecified atom stereocenters. The van der Waals surface area contributed by atoms with Gasteiger partial charge in [0.2, 0.25) is 5.91 Å². The van der Waals surface area contributed by atoms with E-state index in [-0.39, 0.29) is 17.4 Å². The monoisotopic (exact) mass is 352 g/mol. The number of carbonyl (C=O) groups is 2. The molecule has 1 N–H and O–H groups in total. The van der Waals surface area contributed by atoms with Crippen LogP contribution < -0.4 is 10.2 Å². The Kier molecular flexibility index (Phi) is 4.45. The third kappa shape index (κ3) is 3.09. The molecule has 0 spiro atoms. The maximum Gasteiger partial charge on any atom is 0.258 e. The molecule has 0 atom stereocenters. The predicted molar refractivity (Wildman–Crippen MR) is 98.8 cm³/mol. The van der Waals surface area contributed by atoms with E-state index in [4.69, 9.17) is 0 Å². The van der Waals surface area contributed by atoms with Crippen LogP contribution in [0.15, 0.2) is 42.5 Å². The third-order valence-corrected chi connectivity index (χ3v) is 5.32. The van der Waals surface area contributed by atoms with Gasteiger partial charge in [0.25, 0.3) is 5.91 Å². The van der Waals surface area contributed by atoms with E-state index in [1.165, 1.54) is 12.1 Å². The second-order valence-electron chi connectivity index (χ2n) is 7.00. The van der Waals surface area contributed by atoms with Gasteiger partial charge in [-0.2, -0.15) is 0 Å². The van der Waals surface area contributed by atoms with Crippen LogP contribution in [0.3, 0.4) is 0 Å². The van der Waals surface area contributed by atoms with Gasteiger partial charge < -0.3 is 10.2 Å². The van der Waals surface area contributed by atoms with E-state index in [0.29, 0.717) is 12.2 Å². The molecular weight excluding hydrogens is 331 g/mol. The van der Waals surface area contributed by atoms with Crippen molar-refractivity contribution < 1.29 is 14.0 Å². The summed E-state index contributed by atoms with van der Waals surface area (Å²) in [5.41, 5.74) is 2.62. The summed E-state index contributed by atoms with van der Waals surface area (Å²) in [4.78, 5) is 26.9. The van der Waals surface area contributed by atoms with Gasteiger partial charge in [-0.3, -0.25) is 9.59 Å². The topological polar surface area (TPSA) is 49.4 Å². The highest BCUT2D eigenvalue weighted by Gasteiger charge is 2.31. The Hall–Kier alpha value is -2.69. The number of halogens is 1. The van der Waals surface area contributed by atoms with Crippen molar-refractivity contribution >= 4 is 23.2 Å². The molecule has 2 amide bonds. The second-order valence-corrected chi connectivity index (χ2v) is 7.00. The van der Waals surface area contributed by atoms with E-state index in [0.717, 1.165) is 43.4 Å². The molecule has 26 heavy (non-hydrogen) atoms. The maximum absolute atomic E-state index is 13.7. The van der Waals surface area contributed by atoms with Crippen LogP contribution in [0.2, 0.25) is 0 Å². The average molecular weight is 352 g/mol. The highest BCUT2D eigenvalue weighted by atomic mass is 19.1. The minimum Gasteiger partial charge on any atom is -0.322 e. The van der Waals surface area contributed by atoms with Crippen molar-refractivity contribution in [1.82, 2.24) is 0 Å². The second kappa shape index (κ2) is 6.90. The molecule has 5 heteroatoms. The zero-order chi connectivity index (χ0) is 18.1. The third-order valence-electron chi connectivity index (χ3n) is 5.32. The summed E-state index contributed by atoms with van der Waals surface area (Å²) in [7, 11) is 0. The lowest BCUT2D eigenvalue weighted by atomic mass is 10.1. The lowest BCUT2D eigenvalue weighted by molar-refractivity contribution is -0.122. The summed E-state index contributed by atoms with van der Waals surface area (Å²) in [5, 5.41) is 2.75. The molecule has 0 bridgehead atoms. The van der Waals surface area contributed by atoms with Crippen molar-refractivity contribution in [3.05, 3.63) is 59.4 Å². The van der Waals surface area contributed by atoms with Crippen LogP contribution in [0.4, 0.5) is 15.8 Å². The van der Waals surface area contributed by atoms with E-state index in [2.05, 4.69) is 5.32 Å². The number of nitrogens with zero attached hydrogens (tertiary/aromatic N) is 1. The van der Waals surface area contributed by atoms with E-state index in [1.54, 1.807) is 18.2 Å². The van der Waals surface area contributed by atoms with Crippen LogP contribution in [0.1, 0.15) is 41.6 Å². The predicted octanol–water partition coefficient (Wildman–Crippen LogP) is 4.16. The number of rotatable bonds is 3. The van der Waals surface area contributed by atoms with Gasteiger partial charge in [-0.05, 0) is 55.2 Å². The summed E-state index contributed by atoms with van der Waals surface area (Å²) in [5.74, 6) is -0.634. The van der Waals surface area contributed by atoms with Gasteiger partial charge in [0, 0.05) is 23.8 Å². The highest BCUT2D eigenvalue weighted by Crippen LogP contribution is 2.35. The first kappa shape index (κ1) is 16.8. The zero-order valence-electron chi connectivity index (χ0n) is 14.5. The van der Waals surface area contributed by atoms with Crippen molar-refractivity contribution in [3.63, 3.8) is 0 Å². The van der Waals surface area contributed by atoms with Crippen molar-refractivity contribution in [3.8, 4) is 0 Å². The molecule has 1 aliphatic carbocycles. The van der Waals surface area contributed by atoms with E-state index >= 15 is 0 Å². The highest BCUT2D eigenvalue weighted by molar-refractivity contribution is 6.05. The van der Waals surface area contributed by atoms with E-state index in [9.17, 15) is 14.0 Å². The normalized spacial score (nSPS) is 16.6. The largest absolute Gasteiger partial charge is 0.322 e. The molecular formula is C21H21FN2O2. The molecule has 2 aliphatic rings. The average Bonchev–Trinajstić information content (AvgIpc) is 3.31.